The highest BCUT2D eigenvalue weighted by molar-refractivity contribution is 5.92. The van der Waals surface area contributed by atoms with E-state index in [9.17, 15) is 4.79 Å². The summed E-state index contributed by atoms with van der Waals surface area (Å²) in [6, 6.07) is 7.68. The number of oxime groups is 1. The van der Waals surface area contributed by atoms with Crippen molar-refractivity contribution in [2.24, 2.45) is 5.16 Å². The molecule has 0 bridgehead atoms. The van der Waals surface area contributed by atoms with Gasteiger partial charge in [0.1, 0.15) is 5.52 Å². The Kier molecular flexibility index (Phi) is 4.37. The maximum absolute atomic E-state index is 11.9. The number of nitrogens with one attached hydrogen (secondary N) is 1. The van der Waals surface area contributed by atoms with E-state index in [0.717, 1.165) is 29.7 Å². The molecule has 0 saturated carbocycles. The predicted octanol–water partition coefficient (Wildman–Crippen LogP) is 2.43. The monoisotopic (exact) mass is 301 g/mol. The van der Waals surface area contributed by atoms with Crippen LogP contribution >= 0.6 is 0 Å². The molecule has 0 saturated heterocycles. The van der Waals surface area contributed by atoms with Gasteiger partial charge in [-0.1, -0.05) is 24.2 Å². The third-order valence-corrected chi connectivity index (χ3v) is 3.64. The van der Waals surface area contributed by atoms with Gasteiger partial charge in [-0.25, -0.2) is 4.98 Å². The van der Waals surface area contributed by atoms with Crippen molar-refractivity contribution in [1.82, 2.24) is 10.3 Å². The molecule has 0 fully saturated rings. The molecule has 2 heterocycles. The first-order valence-electron chi connectivity index (χ1n) is 7.60. The Hall–Kier alpha value is -2.37. The second kappa shape index (κ2) is 6.60. The molecule has 1 aromatic carbocycles. The van der Waals surface area contributed by atoms with E-state index in [0.29, 0.717) is 25.3 Å². The Morgan fingerprint density at radius 3 is 3.05 bits per heavy atom. The Morgan fingerprint density at radius 1 is 1.41 bits per heavy atom. The summed E-state index contributed by atoms with van der Waals surface area (Å²) in [6.07, 6.45) is 2.40. The maximum Gasteiger partial charge on any atom is 0.264 e. The van der Waals surface area contributed by atoms with E-state index in [-0.39, 0.29) is 5.91 Å². The number of aryl methyl sites for hydroxylation is 1. The van der Waals surface area contributed by atoms with Crippen molar-refractivity contribution in [2.75, 3.05) is 6.54 Å². The van der Waals surface area contributed by atoms with Crippen LogP contribution in [0.3, 0.4) is 0 Å². The van der Waals surface area contributed by atoms with Crippen molar-refractivity contribution in [1.29, 1.82) is 0 Å². The number of oxazole rings is 1. The van der Waals surface area contributed by atoms with Crippen molar-refractivity contribution in [3.63, 3.8) is 0 Å². The van der Waals surface area contributed by atoms with Gasteiger partial charge in [-0.3, -0.25) is 4.79 Å². The van der Waals surface area contributed by atoms with E-state index in [2.05, 4.69) is 15.5 Å². The van der Waals surface area contributed by atoms with Crippen molar-refractivity contribution in [3.05, 3.63) is 30.2 Å². The lowest BCUT2D eigenvalue weighted by Gasteiger charge is -2.08. The average Bonchev–Trinajstić information content (AvgIpc) is 3.17. The van der Waals surface area contributed by atoms with Crippen molar-refractivity contribution in [2.45, 2.75) is 38.7 Å². The Morgan fingerprint density at radius 2 is 2.27 bits per heavy atom. The molecular weight excluding hydrogens is 282 g/mol. The minimum absolute atomic E-state index is 0.107. The largest absolute Gasteiger partial charge is 0.441 e. The molecular formula is C16H19N3O3. The van der Waals surface area contributed by atoms with Crippen molar-refractivity contribution >= 4 is 22.7 Å². The lowest BCUT2D eigenvalue weighted by atomic mass is 10.1. The van der Waals surface area contributed by atoms with Crippen LogP contribution in [0, 0.1) is 0 Å². The van der Waals surface area contributed by atoms with Gasteiger partial charge in [-0.2, -0.15) is 0 Å². The zero-order chi connectivity index (χ0) is 15.4. The Labute approximate surface area is 128 Å². The topological polar surface area (TPSA) is 76.7 Å². The highest BCUT2D eigenvalue weighted by Crippen LogP contribution is 2.15. The highest BCUT2D eigenvalue weighted by Gasteiger charge is 2.26. The van der Waals surface area contributed by atoms with Gasteiger partial charge in [0, 0.05) is 19.4 Å². The zero-order valence-electron chi connectivity index (χ0n) is 12.5. The molecule has 0 aliphatic carbocycles. The molecule has 1 amide bonds. The summed E-state index contributed by atoms with van der Waals surface area (Å²) in [5, 5.41) is 6.75. The van der Waals surface area contributed by atoms with Gasteiger partial charge >= 0.3 is 0 Å². The number of para-hydroxylation sites is 2. The first kappa shape index (κ1) is 14.6. The molecule has 0 unspecified atom stereocenters. The molecule has 1 aliphatic heterocycles. The third-order valence-electron chi connectivity index (χ3n) is 3.64. The van der Waals surface area contributed by atoms with Crippen LogP contribution in [0.4, 0.5) is 0 Å². The second-order valence-electron chi connectivity index (χ2n) is 5.28. The molecule has 1 atom stereocenters. The minimum Gasteiger partial charge on any atom is -0.441 e. The lowest BCUT2D eigenvalue weighted by molar-refractivity contribution is -0.131. The standard InChI is InChI=1S/C16H19N3O3/c1-2-11-10-14(22-19-11)16(20)17-9-5-8-15-18-12-6-3-4-7-13(12)21-15/h3-4,6-7,14H,2,5,8-10H2,1H3,(H,17,20)/t14-/m1/s1. The van der Waals surface area contributed by atoms with Crippen molar-refractivity contribution < 1.29 is 14.0 Å². The zero-order valence-corrected chi connectivity index (χ0v) is 12.5. The maximum atomic E-state index is 11.9. The number of hydrogen-bond donors (Lipinski definition) is 1. The van der Waals surface area contributed by atoms with Gasteiger partial charge in [0.25, 0.3) is 5.91 Å². The number of amides is 1. The van der Waals surface area contributed by atoms with Gasteiger partial charge in [0.05, 0.1) is 5.71 Å². The van der Waals surface area contributed by atoms with Crippen LogP contribution in [0.2, 0.25) is 0 Å². The van der Waals surface area contributed by atoms with Gasteiger partial charge in [-0.15, -0.1) is 0 Å². The molecule has 22 heavy (non-hydrogen) atoms. The summed E-state index contributed by atoms with van der Waals surface area (Å²) in [5.41, 5.74) is 2.60. The molecule has 1 aliphatic rings. The van der Waals surface area contributed by atoms with Crippen LogP contribution in [0.1, 0.15) is 32.1 Å². The third kappa shape index (κ3) is 3.27. The van der Waals surface area contributed by atoms with E-state index in [4.69, 9.17) is 9.25 Å². The molecule has 3 rings (SSSR count). The SMILES string of the molecule is CCC1=NO[C@@H](C(=O)NCCCc2nc3ccccc3o2)C1. The molecule has 0 radical (unpaired) electrons. The number of fused-ring (bicyclic) bond motifs is 1. The molecule has 6 nitrogen and oxygen atoms in total. The first-order chi connectivity index (χ1) is 10.8. The number of carbonyl (C=O) groups is 1. The molecule has 6 heteroatoms. The molecule has 0 spiro atoms. The summed E-state index contributed by atoms with van der Waals surface area (Å²) in [4.78, 5) is 21.4. The first-order valence-corrected chi connectivity index (χ1v) is 7.60. The van der Waals surface area contributed by atoms with E-state index >= 15 is 0 Å². The van der Waals surface area contributed by atoms with Crippen molar-refractivity contribution in [3.8, 4) is 0 Å². The van der Waals surface area contributed by atoms with Crippen LogP contribution in [0.15, 0.2) is 33.8 Å². The Bertz CT molecular complexity index is 660. The van der Waals surface area contributed by atoms with Crippen LogP contribution in [-0.4, -0.2) is 29.3 Å². The number of rotatable bonds is 6. The predicted molar refractivity (Wildman–Crippen MR) is 82.6 cm³/mol. The number of nitrogens with zero attached hydrogens (tertiary/aromatic N) is 2. The Balaban J connectivity index is 1.41. The average molecular weight is 301 g/mol. The number of benzene rings is 1. The number of carbonyl (C=O) groups excluding carboxylic acids is 1. The second-order valence-corrected chi connectivity index (χ2v) is 5.28. The molecule has 1 N–H and O–H groups in total. The van der Waals surface area contributed by atoms with E-state index in [1.807, 2.05) is 31.2 Å². The normalized spacial score (nSPS) is 17.3. The fourth-order valence-electron chi connectivity index (χ4n) is 2.37. The molecule has 2 aromatic rings. The summed E-state index contributed by atoms with van der Waals surface area (Å²) in [5.74, 6) is 0.592. The van der Waals surface area contributed by atoms with E-state index < -0.39 is 6.10 Å². The molecule has 116 valence electrons. The van der Waals surface area contributed by atoms with Gasteiger partial charge in [0.2, 0.25) is 6.10 Å². The van der Waals surface area contributed by atoms with Gasteiger partial charge in [-0.05, 0) is 25.0 Å². The molecule has 1 aromatic heterocycles. The number of aromatic nitrogens is 1. The summed E-state index contributed by atoms with van der Waals surface area (Å²) < 4.78 is 5.64. The lowest BCUT2D eigenvalue weighted by Crippen LogP contribution is -2.35. The summed E-state index contributed by atoms with van der Waals surface area (Å²) >= 11 is 0. The summed E-state index contributed by atoms with van der Waals surface area (Å²) in [7, 11) is 0. The van der Waals surface area contributed by atoms with Crippen LogP contribution < -0.4 is 5.32 Å². The fraction of sp³-hybridized carbons (Fsp3) is 0.438. The minimum atomic E-state index is -0.473. The van der Waals surface area contributed by atoms with Gasteiger partial charge in [0.15, 0.2) is 11.5 Å². The smallest absolute Gasteiger partial charge is 0.264 e. The highest BCUT2D eigenvalue weighted by atomic mass is 16.6. The van der Waals surface area contributed by atoms with Crippen LogP contribution in [-0.2, 0) is 16.1 Å². The van der Waals surface area contributed by atoms with Crippen LogP contribution in [0.5, 0.6) is 0 Å². The summed E-state index contributed by atoms with van der Waals surface area (Å²) in [6.45, 7) is 2.57. The van der Waals surface area contributed by atoms with Gasteiger partial charge < -0.3 is 14.6 Å². The van der Waals surface area contributed by atoms with Crippen LogP contribution in [0.25, 0.3) is 11.1 Å². The number of hydrogen-bond acceptors (Lipinski definition) is 5. The fourth-order valence-corrected chi connectivity index (χ4v) is 2.37. The van der Waals surface area contributed by atoms with E-state index in [1.54, 1.807) is 0 Å². The van der Waals surface area contributed by atoms with E-state index in [1.165, 1.54) is 0 Å². The quantitative estimate of drug-likeness (QED) is 0.831.